The number of amides is 1. The van der Waals surface area contributed by atoms with Crippen molar-refractivity contribution in [3.05, 3.63) is 66.4 Å². The maximum Gasteiger partial charge on any atom is 0.274 e. The van der Waals surface area contributed by atoms with Crippen molar-refractivity contribution in [1.82, 2.24) is 19.5 Å². The molecular weight excluding hydrogens is 349 g/mol. The average molecular weight is 363 g/mol. The topological polar surface area (TPSA) is 85.3 Å². The van der Waals surface area contributed by atoms with Gasteiger partial charge in [-0.3, -0.25) is 9.20 Å². The average Bonchev–Trinajstić information content (AvgIpc) is 3.11. The molecule has 1 aromatic carbocycles. The van der Waals surface area contributed by atoms with Gasteiger partial charge in [-0.05, 0) is 30.7 Å². The molecule has 4 aromatic rings. The molecule has 134 valence electrons. The summed E-state index contributed by atoms with van der Waals surface area (Å²) in [6.45, 7) is 0. The molecule has 3 heterocycles. The minimum absolute atomic E-state index is 0.280. The van der Waals surface area contributed by atoms with Gasteiger partial charge in [0.1, 0.15) is 17.5 Å². The Hall–Kier alpha value is -3.55. The molecule has 3 aromatic heterocycles. The molecule has 1 aliphatic rings. The van der Waals surface area contributed by atoms with E-state index in [1.807, 2.05) is 18.2 Å². The lowest BCUT2D eigenvalue weighted by Crippen LogP contribution is -2.14. The van der Waals surface area contributed by atoms with Crippen LogP contribution in [0.4, 0.5) is 10.1 Å². The maximum atomic E-state index is 13.1. The molecule has 7 nitrogen and oxygen atoms in total. The summed E-state index contributed by atoms with van der Waals surface area (Å²) in [7, 11) is 0. The molecule has 1 N–H and O–H groups in total. The van der Waals surface area contributed by atoms with Gasteiger partial charge in [0, 0.05) is 17.4 Å². The monoisotopic (exact) mass is 363 g/mol. The maximum absolute atomic E-state index is 13.1. The number of imidazole rings is 1. The van der Waals surface area contributed by atoms with Crippen LogP contribution in [0.5, 0.6) is 0 Å². The number of hydrogen-bond acceptors (Lipinski definition) is 5. The first kappa shape index (κ1) is 15.7. The fourth-order valence-corrected chi connectivity index (χ4v) is 2.95. The fourth-order valence-electron chi connectivity index (χ4n) is 2.95. The van der Waals surface area contributed by atoms with E-state index in [2.05, 4.69) is 20.4 Å². The Kier molecular flexibility index (Phi) is 3.49. The molecule has 0 bridgehead atoms. The summed E-state index contributed by atoms with van der Waals surface area (Å²) >= 11 is 0. The van der Waals surface area contributed by atoms with Crippen LogP contribution in [0.15, 0.2) is 59.4 Å². The minimum Gasteiger partial charge on any atom is -0.339 e. The van der Waals surface area contributed by atoms with E-state index in [4.69, 9.17) is 4.52 Å². The number of aromatic nitrogens is 4. The van der Waals surface area contributed by atoms with Crippen LogP contribution in [0.2, 0.25) is 0 Å². The van der Waals surface area contributed by atoms with Gasteiger partial charge >= 0.3 is 0 Å². The summed E-state index contributed by atoms with van der Waals surface area (Å²) in [4.78, 5) is 21.1. The smallest absolute Gasteiger partial charge is 0.274 e. The Morgan fingerprint density at radius 2 is 2.15 bits per heavy atom. The summed E-state index contributed by atoms with van der Waals surface area (Å²) in [6.07, 6.45) is 2.85. The van der Waals surface area contributed by atoms with Gasteiger partial charge in [-0.1, -0.05) is 23.4 Å². The number of anilines is 1. The second kappa shape index (κ2) is 6.01. The van der Waals surface area contributed by atoms with Gasteiger partial charge in [-0.15, -0.1) is 0 Å². The first-order valence-corrected chi connectivity index (χ1v) is 8.50. The SMILES string of the molecule is O=C(Nc1cccc(-c2noc([C@@H]3C[C@H]3F)n2)c1)c1cnc2ccccn12. The van der Waals surface area contributed by atoms with Crippen LogP contribution in [0, 0.1) is 0 Å². The Morgan fingerprint density at radius 3 is 3.00 bits per heavy atom. The normalized spacial score (nSPS) is 18.6. The van der Waals surface area contributed by atoms with Crippen LogP contribution in [-0.4, -0.2) is 31.6 Å². The third-order valence-electron chi connectivity index (χ3n) is 4.50. The quantitative estimate of drug-likeness (QED) is 0.600. The number of rotatable bonds is 4. The lowest BCUT2D eigenvalue weighted by Gasteiger charge is -2.06. The molecule has 27 heavy (non-hydrogen) atoms. The summed E-state index contributed by atoms with van der Waals surface area (Å²) in [5.41, 5.74) is 2.39. The van der Waals surface area contributed by atoms with E-state index >= 15 is 0 Å². The van der Waals surface area contributed by atoms with Crippen LogP contribution >= 0.6 is 0 Å². The Bertz CT molecular complexity index is 1150. The molecular formula is C19H14FN5O2. The third kappa shape index (κ3) is 2.84. The molecule has 2 atom stereocenters. The van der Waals surface area contributed by atoms with Crippen molar-refractivity contribution in [2.24, 2.45) is 0 Å². The summed E-state index contributed by atoms with van der Waals surface area (Å²) in [5.74, 6) is 0.120. The zero-order valence-electron chi connectivity index (χ0n) is 14.0. The summed E-state index contributed by atoms with van der Waals surface area (Å²) < 4.78 is 20.0. The van der Waals surface area contributed by atoms with Gasteiger partial charge in [0.15, 0.2) is 0 Å². The summed E-state index contributed by atoms with van der Waals surface area (Å²) in [5, 5.41) is 6.76. The molecule has 1 amide bonds. The predicted octanol–water partition coefficient (Wildman–Crippen LogP) is 3.46. The van der Waals surface area contributed by atoms with Crippen LogP contribution in [0.3, 0.4) is 0 Å². The van der Waals surface area contributed by atoms with Crippen molar-refractivity contribution >= 4 is 17.2 Å². The molecule has 8 heteroatoms. The number of pyridine rings is 1. The highest BCUT2D eigenvalue weighted by Crippen LogP contribution is 2.43. The highest BCUT2D eigenvalue weighted by molar-refractivity contribution is 6.03. The van der Waals surface area contributed by atoms with E-state index < -0.39 is 6.17 Å². The van der Waals surface area contributed by atoms with Crippen LogP contribution in [0.25, 0.3) is 17.0 Å². The van der Waals surface area contributed by atoms with Gasteiger partial charge in [-0.25, -0.2) is 9.37 Å². The minimum atomic E-state index is -0.894. The van der Waals surface area contributed by atoms with E-state index in [1.54, 1.807) is 34.9 Å². The molecule has 0 spiro atoms. The first-order valence-electron chi connectivity index (χ1n) is 8.50. The number of benzene rings is 1. The van der Waals surface area contributed by atoms with E-state index in [1.165, 1.54) is 6.20 Å². The zero-order valence-corrected chi connectivity index (χ0v) is 14.0. The molecule has 1 fully saturated rings. The van der Waals surface area contributed by atoms with Crippen LogP contribution in [-0.2, 0) is 0 Å². The van der Waals surface area contributed by atoms with Crippen molar-refractivity contribution in [2.75, 3.05) is 5.32 Å². The highest BCUT2D eigenvalue weighted by Gasteiger charge is 2.43. The number of fused-ring (bicyclic) bond motifs is 1. The van der Waals surface area contributed by atoms with E-state index in [-0.39, 0.29) is 11.8 Å². The van der Waals surface area contributed by atoms with Gasteiger partial charge in [0.05, 0.1) is 12.1 Å². The molecule has 5 rings (SSSR count). The predicted molar refractivity (Wildman–Crippen MR) is 95.1 cm³/mol. The van der Waals surface area contributed by atoms with Crippen molar-refractivity contribution in [2.45, 2.75) is 18.5 Å². The molecule has 0 unspecified atom stereocenters. The number of alkyl halides is 1. The Balaban J connectivity index is 1.39. The number of carbonyl (C=O) groups excluding carboxylic acids is 1. The van der Waals surface area contributed by atoms with E-state index in [0.717, 1.165) is 0 Å². The summed E-state index contributed by atoms with van der Waals surface area (Å²) in [6, 6.07) is 12.6. The number of nitrogens with one attached hydrogen (secondary N) is 1. The van der Waals surface area contributed by atoms with Gasteiger partial charge < -0.3 is 9.84 Å². The van der Waals surface area contributed by atoms with E-state index in [0.29, 0.717) is 40.7 Å². The van der Waals surface area contributed by atoms with E-state index in [9.17, 15) is 9.18 Å². The lowest BCUT2D eigenvalue weighted by atomic mass is 10.2. The van der Waals surface area contributed by atoms with Gasteiger partial charge in [0.25, 0.3) is 5.91 Å². The molecule has 1 aliphatic carbocycles. The molecule has 0 aliphatic heterocycles. The van der Waals surface area contributed by atoms with Crippen molar-refractivity contribution in [3.8, 4) is 11.4 Å². The molecule has 0 saturated heterocycles. The zero-order chi connectivity index (χ0) is 18.4. The molecule has 1 saturated carbocycles. The fraction of sp³-hybridized carbons (Fsp3) is 0.158. The van der Waals surface area contributed by atoms with Crippen LogP contribution < -0.4 is 5.32 Å². The number of hydrogen-bond donors (Lipinski definition) is 1. The molecule has 0 radical (unpaired) electrons. The lowest BCUT2D eigenvalue weighted by molar-refractivity contribution is 0.102. The van der Waals surface area contributed by atoms with Crippen molar-refractivity contribution in [3.63, 3.8) is 0 Å². The Morgan fingerprint density at radius 1 is 1.26 bits per heavy atom. The van der Waals surface area contributed by atoms with Gasteiger partial charge in [0.2, 0.25) is 11.7 Å². The van der Waals surface area contributed by atoms with Gasteiger partial charge in [-0.2, -0.15) is 4.98 Å². The van der Waals surface area contributed by atoms with Crippen molar-refractivity contribution in [1.29, 1.82) is 0 Å². The highest BCUT2D eigenvalue weighted by atomic mass is 19.1. The standard InChI is InChI=1S/C19H14FN5O2/c20-14-9-13(14)19-23-17(24-27-19)11-4-3-5-12(8-11)22-18(26)15-10-21-16-6-1-2-7-25(15)16/h1-8,10,13-14H,9H2,(H,22,26)/t13-,14-/m1/s1. The second-order valence-corrected chi connectivity index (χ2v) is 6.42. The van der Waals surface area contributed by atoms with Crippen LogP contribution in [0.1, 0.15) is 28.7 Å². The number of carbonyl (C=O) groups is 1. The number of nitrogens with zero attached hydrogens (tertiary/aromatic N) is 4. The van der Waals surface area contributed by atoms with Crippen molar-refractivity contribution < 1.29 is 13.7 Å². The number of halogens is 1. The largest absolute Gasteiger partial charge is 0.339 e. The Labute approximate surface area is 152 Å². The second-order valence-electron chi connectivity index (χ2n) is 6.42. The third-order valence-corrected chi connectivity index (χ3v) is 4.50. The first-order chi connectivity index (χ1) is 13.2.